The summed E-state index contributed by atoms with van der Waals surface area (Å²) in [4.78, 5) is 14.0. The molecule has 5 heteroatoms. The molecule has 0 aliphatic carbocycles. The number of hydrogen-bond donors (Lipinski definition) is 1. The molecule has 0 fully saturated rings. The molecule has 0 aliphatic rings. The molecule has 2 rings (SSSR count). The van der Waals surface area contributed by atoms with Crippen LogP contribution in [-0.2, 0) is 6.54 Å². The maximum atomic E-state index is 11.0. The Hall–Kier alpha value is -1.65. The van der Waals surface area contributed by atoms with Crippen molar-refractivity contribution in [1.29, 1.82) is 0 Å². The fourth-order valence-electron chi connectivity index (χ4n) is 1.26. The molecular formula is C8H10N4O. The van der Waals surface area contributed by atoms with E-state index in [1.807, 2.05) is 6.92 Å². The highest BCUT2D eigenvalue weighted by Gasteiger charge is 2.09. The van der Waals surface area contributed by atoms with Crippen molar-refractivity contribution in [2.75, 3.05) is 0 Å². The SMILES string of the molecule is CCn1nnc2cc(C(C)=O)[nH]c21. The Morgan fingerprint density at radius 2 is 2.46 bits per heavy atom. The average molecular weight is 178 g/mol. The maximum Gasteiger partial charge on any atom is 0.176 e. The molecule has 0 bridgehead atoms. The van der Waals surface area contributed by atoms with Gasteiger partial charge in [-0.1, -0.05) is 5.21 Å². The third-order valence-corrected chi connectivity index (χ3v) is 1.97. The van der Waals surface area contributed by atoms with Crippen LogP contribution in [0.15, 0.2) is 6.07 Å². The number of H-pyrrole nitrogens is 1. The van der Waals surface area contributed by atoms with Gasteiger partial charge < -0.3 is 4.98 Å². The number of aromatic nitrogens is 4. The van der Waals surface area contributed by atoms with Crippen molar-refractivity contribution in [3.63, 3.8) is 0 Å². The number of aromatic amines is 1. The van der Waals surface area contributed by atoms with Crippen LogP contribution < -0.4 is 0 Å². The van der Waals surface area contributed by atoms with Gasteiger partial charge in [0.2, 0.25) is 0 Å². The lowest BCUT2D eigenvalue weighted by molar-refractivity contribution is 0.101. The number of aryl methyl sites for hydroxylation is 1. The van der Waals surface area contributed by atoms with Crippen LogP contribution in [0.1, 0.15) is 24.3 Å². The normalized spacial score (nSPS) is 10.9. The zero-order valence-corrected chi connectivity index (χ0v) is 7.53. The minimum Gasteiger partial charge on any atom is -0.336 e. The predicted octanol–water partition coefficient (Wildman–Crippen LogP) is 0.982. The number of Topliss-reactive ketones (excluding diaryl/α,β-unsaturated/α-hetero) is 1. The smallest absolute Gasteiger partial charge is 0.176 e. The summed E-state index contributed by atoms with van der Waals surface area (Å²) in [6.45, 7) is 4.24. The van der Waals surface area contributed by atoms with Crippen molar-refractivity contribution in [3.8, 4) is 0 Å². The van der Waals surface area contributed by atoms with Gasteiger partial charge in [-0.05, 0) is 13.0 Å². The van der Waals surface area contributed by atoms with Crippen LogP contribution in [0.2, 0.25) is 0 Å². The lowest BCUT2D eigenvalue weighted by atomic mass is 10.3. The number of fused-ring (bicyclic) bond motifs is 1. The molecule has 5 nitrogen and oxygen atoms in total. The molecule has 68 valence electrons. The van der Waals surface area contributed by atoms with Gasteiger partial charge in [0, 0.05) is 13.5 Å². The summed E-state index contributed by atoms with van der Waals surface area (Å²) in [5.74, 6) is 0.0145. The van der Waals surface area contributed by atoms with Gasteiger partial charge in [0.05, 0.1) is 5.69 Å². The van der Waals surface area contributed by atoms with Crippen LogP contribution in [0.3, 0.4) is 0 Å². The van der Waals surface area contributed by atoms with Crippen LogP contribution >= 0.6 is 0 Å². The fourth-order valence-corrected chi connectivity index (χ4v) is 1.26. The summed E-state index contributed by atoms with van der Waals surface area (Å²) in [5, 5.41) is 7.82. The third kappa shape index (κ3) is 1.12. The molecule has 0 unspecified atom stereocenters. The van der Waals surface area contributed by atoms with E-state index in [2.05, 4.69) is 15.3 Å². The van der Waals surface area contributed by atoms with Crippen molar-refractivity contribution in [2.45, 2.75) is 20.4 Å². The first-order valence-corrected chi connectivity index (χ1v) is 4.15. The van der Waals surface area contributed by atoms with Crippen LogP contribution in [0.5, 0.6) is 0 Å². The Balaban J connectivity index is 2.63. The predicted molar refractivity (Wildman–Crippen MR) is 47.6 cm³/mol. The van der Waals surface area contributed by atoms with Crippen LogP contribution in [0.25, 0.3) is 11.2 Å². The molecule has 0 spiro atoms. The first kappa shape index (κ1) is 7.97. The second kappa shape index (κ2) is 2.69. The molecule has 0 saturated heterocycles. The average Bonchev–Trinajstić information content (AvgIpc) is 2.60. The van der Waals surface area contributed by atoms with Gasteiger partial charge in [-0.25, -0.2) is 4.68 Å². The van der Waals surface area contributed by atoms with Crippen molar-refractivity contribution < 1.29 is 4.79 Å². The largest absolute Gasteiger partial charge is 0.336 e. The highest BCUT2D eigenvalue weighted by molar-refractivity contribution is 5.96. The molecule has 2 aromatic rings. The minimum absolute atomic E-state index is 0.0145. The summed E-state index contributed by atoms with van der Waals surface area (Å²) in [6.07, 6.45) is 0. The molecule has 13 heavy (non-hydrogen) atoms. The second-order valence-electron chi connectivity index (χ2n) is 2.88. The number of ketones is 1. The van der Waals surface area contributed by atoms with E-state index >= 15 is 0 Å². The van der Waals surface area contributed by atoms with E-state index in [1.54, 1.807) is 10.7 Å². The van der Waals surface area contributed by atoms with Crippen LogP contribution in [-0.4, -0.2) is 25.8 Å². The molecule has 2 aromatic heterocycles. The summed E-state index contributed by atoms with van der Waals surface area (Å²) < 4.78 is 1.72. The first-order valence-electron chi connectivity index (χ1n) is 4.15. The Morgan fingerprint density at radius 1 is 1.69 bits per heavy atom. The van der Waals surface area contributed by atoms with E-state index < -0.39 is 0 Å². The second-order valence-corrected chi connectivity index (χ2v) is 2.88. The molecule has 0 radical (unpaired) electrons. The highest BCUT2D eigenvalue weighted by Crippen LogP contribution is 2.12. The zero-order valence-electron chi connectivity index (χ0n) is 7.53. The van der Waals surface area contributed by atoms with Gasteiger partial charge in [0.15, 0.2) is 11.4 Å². The van der Waals surface area contributed by atoms with Gasteiger partial charge >= 0.3 is 0 Å². The van der Waals surface area contributed by atoms with E-state index in [4.69, 9.17) is 0 Å². The molecule has 0 aromatic carbocycles. The Morgan fingerprint density at radius 3 is 3.08 bits per heavy atom. The van der Waals surface area contributed by atoms with Crippen molar-refractivity contribution >= 4 is 16.9 Å². The van der Waals surface area contributed by atoms with E-state index in [0.29, 0.717) is 5.69 Å². The van der Waals surface area contributed by atoms with E-state index in [0.717, 1.165) is 17.7 Å². The molecular weight excluding hydrogens is 168 g/mol. The summed E-state index contributed by atoms with van der Waals surface area (Å²) in [6, 6.07) is 1.72. The summed E-state index contributed by atoms with van der Waals surface area (Å²) in [5.41, 5.74) is 2.14. The lowest BCUT2D eigenvalue weighted by Crippen LogP contribution is -1.98. The van der Waals surface area contributed by atoms with Gasteiger partial charge in [0.25, 0.3) is 0 Å². The van der Waals surface area contributed by atoms with Crippen LogP contribution in [0, 0.1) is 0 Å². The summed E-state index contributed by atoms with van der Waals surface area (Å²) in [7, 11) is 0. The van der Waals surface area contributed by atoms with Gasteiger partial charge in [-0.3, -0.25) is 4.79 Å². The third-order valence-electron chi connectivity index (χ3n) is 1.97. The molecule has 1 N–H and O–H groups in total. The molecule has 2 heterocycles. The number of nitrogens with zero attached hydrogens (tertiary/aromatic N) is 3. The first-order chi connectivity index (χ1) is 6.22. The molecule has 0 saturated carbocycles. The number of nitrogens with one attached hydrogen (secondary N) is 1. The van der Waals surface area contributed by atoms with Crippen LogP contribution in [0.4, 0.5) is 0 Å². The van der Waals surface area contributed by atoms with Gasteiger partial charge in [0.1, 0.15) is 5.52 Å². The molecule has 0 amide bonds. The topological polar surface area (TPSA) is 63.6 Å². The highest BCUT2D eigenvalue weighted by atomic mass is 16.1. The van der Waals surface area contributed by atoms with Gasteiger partial charge in [-0.15, -0.1) is 5.10 Å². The Bertz CT molecular complexity index is 454. The standard InChI is InChI=1S/C8H10N4O/c1-3-12-8-7(10-11-12)4-6(9-8)5(2)13/h4,9H,3H2,1-2H3. The van der Waals surface area contributed by atoms with Crippen molar-refractivity contribution in [2.24, 2.45) is 0 Å². The lowest BCUT2D eigenvalue weighted by Gasteiger charge is -1.92. The number of hydrogen-bond acceptors (Lipinski definition) is 3. The minimum atomic E-state index is 0.0145. The quantitative estimate of drug-likeness (QED) is 0.697. The molecule has 0 atom stereocenters. The monoisotopic (exact) mass is 178 g/mol. The van der Waals surface area contributed by atoms with E-state index in [-0.39, 0.29) is 5.78 Å². The maximum absolute atomic E-state index is 11.0. The zero-order chi connectivity index (χ0) is 9.42. The molecule has 0 aliphatic heterocycles. The van der Waals surface area contributed by atoms with Crippen molar-refractivity contribution in [1.82, 2.24) is 20.0 Å². The van der Waals surface area contributed by atoms with Crippen molar-refractivity contribution in [3.05, 3.63) is 11.8 Å². The fraction of sp³-hybridized carbons (Fsp3) is 0.375. The van der Waals surface area contributed by atoms with E-state index in [9.17, 15) is 4.79 Å². The van der Waals surface area contributed by atoms with Gasteiger partial charge in [-0.2, -0.15) is 0 Å². The number of carbonyl (C=O) groups is 1. The number of carbonyl (C=O) groups excluding carboxylic acids is 1. The summed E-state index contributed by atoms with van der Waals surface area (Å²) >= 11 is 0. The Kier molecular flexibility index (Phi) is 1.65. The number of rotatable bonds is 2. The Labute approximate surface area is 74.7 Å². The van der Waals surface area contributed by atoms with E-state index in [1.165, 1.54) is 6.92 Å².